The van der Waals surface area contributed by atoms with Crippen LogP contribution in [0.5, 0.6) is 0 Å². The second-order valence-corrected chi connectivity index (χ2v) is 4.84. The fourth-order valence-electron chi connectivity index (χ4n) is 2.19. The summed E-state index contributed by atoms with van der Waals surface area (Å²) in [7, 11) is 1.67. The van der Waals surface area contributed by atoms with Gasteiger partial charge in [0.1, 0.15) is 0 Å². The van der Waals surface area contributed by atoms with Crippen LogP contribution in [0.3, 0.4) is 0 Å². The average molecular weight is 399 g/mol. The van der Waals surface area contributed by atoms with Crippen molar-refractivity contribution >= 4 is 40.7 Å². The summed E-state index contributed by atoms with van der Waals surface area (Å²) in [5.41, 5.74) is 7.05. The van der Waals surface area contributed by atoms with E-state index in [1.807, 2.05) is 25.1 Å². The highest BCUT2D eigenvalue weighted by molar-refractivity contribution is 14.0. The van der Waals surface area contributed by atoms with Crippen LogP contribution >= 0.6 is 24.0 Å². The minimum absolute atomic E-state index is 0. The number of fused-ring (bicyclic) bond motifs is 1. The largest absolute Gasteiger partial charge is 0.383 e. The molecule has 2 rings (SSSR count). The van der Waals surface area contributed by atoms with Crippen LogP contribution in [-0.4, -0.2) is 25.7 Å². The third-order valence-electron chi connectivity index (χ3n) is 3.11. The summed E-state index contributed by atoms with van der Waals surface area (Å²) < 4.78 is 5.05. The molecule has 0 fully saturated rings. The third kappa shape index (κ3) is 5.17. The van der Waals surface area contributed by atoms with Gasteiger partial charge in [-0.05, 0) is 23.3 Å². The summed E-state index contributed by atoms with van der Waals surface area (Å²) in [6, 6.07) is 14.7. The molecule has 1 unspecified atom stereocenters. The standard InChI is InChI=1S/C16H21N3O.HI/c1-12(11-20-2)19-16(17)18-10-14-8-5-7-13-6-3-4-9-15(13)14;/h3-9,12H,10-11H2,1-2H3,(H3,17,18,19);1H. The smallest absolute Gasteiger partial charge is 0.189 e. The van der Waals surface area contributed by atoms with Crippen molar-refractivity contribution in [2.45, 2.75) is 19.5 Å². The van der Waals surface area contributed by atoms with Gasteiger partial charge >= 0.3 is 0 Å². The second-order valence-electron chi connectivity index (χ2n) is 4.84. The number of guanidine groups is 1. The molecule has 0 bridgehead atoms. The number of nitrogens with one attached hydrogen (secondary N) is 1. The molecule has 2 aromatic carbocycles. The zero-order valence-electron chi connectivity index (χ0n) is 12.4. The van der Waals surface area contributed by atoms with Crippen molar-refractivity contribution < 1.29 is 4.74 Å². The molecule has 5 heteroatoms. The summed E-state index contributed by atoms with van der Waals surface area (Å²) in [6.45, 7) is 3.17. The van der Waals surface area contributed by atoms with Crippen LogP contribution in [0.2, 0.25) is 0 Å². The van der Waals surface area contributed by atoms with E-state index in [9.17, 15) is 0 Å². The van der Waals surface area contributed by atoms with Gasteiger partial charge in [-0.15, -0.1) is 24.0 Å². The molecule has 3 N–H and O–H groups in total. The molecule has 0 aromatic heterocycles. The summed E-state index contributed by atoms with van der Waals surface area (Å²) in [6.07, 6.45) is 0. The highest BCUT2D eigenvalue weighted by Gasteiger charge is 2.03. The van der Waals surface area contributed by atoms with Crippen LogP contribution in [-0.2, 0) is 11.3 Å². The van der Waals surface area contributed by atoms with Crippen LogP contribution in [0.4, 0.5) is 0 Å². The Balaban J connectivity index is 0.00000220. The van der Waals surface area contributed by atoms with Crippen molar-refractivity contribution in [3.8, 4) is 0 Å². The van der Waals surface area contributed by atoms with E-state index in [2.05, 4.69) is 34.6 Å². The molecule has 21 heavy (non-hydrogen) atoms. The van der Waals surface area contributed by atoms with Crippen LogP contribution in [0, 0.1) is 0 Å². The normalized spacial score (nSPS) is 12.8. The van der Waals surface area contributed by atoms with Crippen LogP contribution < -0.4 is 11.1 Å². The first kappa shape index (κ1) is 17.7. The van der Waals surface area contributed by atoms with E-state index < -0.39 is 0 Å². The summed E-state index contributed by atoms with van der Waals surface area (Å²) in [4.78, 5) is 4.39. The molecule has 0 aliphatic heterocycles. The predicted octanol–water partition coefficient (Wildman–Crippen LogP) is 2.90. The van der Waals surface area contributed by atoms with E-state index in [-0.39, 0.29) is 30.0 Å². The quantitative estimate of drug-likeness (QED) is 0.462. The molecule has 0 aliphatic rings. The molecule has 114 valence electrons. The molecule has 0 saturated carbocycles. The second kappa shape index (κ2) is 8.84. The Labute approximate surface area is 142 Å². The first-order valence-electron chi connectivity index (χ1n) is 6.72. The van der Waals surface area contributed by atoms with Gasteiger partial charge in [-0.2, -0.15) is 0 Å². The van der Waals surface area contributed by atoms with E-state index in [0.717, 1.165) is 0 Å². The van der Waals surface area contributed by atoms with Crippen molar-refractivity contribution in [1.82, 2.24) is 5.32 Å². The predicted molar refractivity (Wildman–Crippen MR) is 99.2 cm³/mol. The highest BCUT2D eigenvalue weighted by Crippen LogP contribution is 2.18. The first-order chi connectivity index (χ1) is 9.70. The van der Waals surface area contributed by atoms with Gasteiger partial charge in [-0.1, -0.05) is 42.5 Å². The first-order valence-corrected chi connectivity index (χ1v) is 6.72. The maximum Gasteiger partial charge on any atom is 0.189 e. The number of hydrogen-bond acceptors (Lipinski definition) is 2. The van der Waals surface area contributed by atoms with Crippen LogP contribution in [0.15, 0.2) is 47.5 Å². The zero-order valence-corrected chi connectivity index (χ0v) is 14.7. The number of nitrogens with two attached hydrogens (primary N) is 1. The maximum atomic E-state index is 5.88. The molecule has 0 saturated heterocycles. The average Bonchev–Trinajstić information content (AvgIpc) is 2.45. The topological polar surface area (TPSA) is 59.6 Å². The minimum Gasteiger partial charge on any atom is -0.383 e. The summed E-state index contributed by atoms with van der Waals surface area (Å²) in [5.74, 6) is 0.447. The third-order valence-corrected chi connectivity index (χ3v) is 3.11. The molecular formula is C16H22IN3O. The molecule has 4 nitrogen and oxygen atoms in total. The lowest BCUT2D eigenvalue weighted by Crippen LogP contribution is -2.40. The number of ether oxygens (including phenoxy) is 1. The van der Waals surface area contributed by atoms with Crippen molar-refractivity contribution in [3.05, 3.63) is 48.0 Å². The van der Waals surface area contributed by atoms with Gasteiger partial charge in [-0.3, -0.25) is 0 Å². The molecule has 0 amide bonds. The summed E-state index contributed by atoms with van der Waals surface area (Å²) in [5, 5.41) is 5.54. The number of rotatable bonds is 5. The lowest BCUT2D eigenvalue weighted by molar-refractivity contribution is 0.179. The highest BCUT2D eigenvalue weighted by atomic mass is 127. The lowest BCUT2D eigenvalue weighted by Gasteiger charge is -2.13. The number of halogens is 1. The van der Waals surface area contributed by atoms with Gasteiger partial charge in [0.2, 0.25) is 0 Å². The van der Waals surface area contributed by atoms with Crippen molar-refractivity contribution in [2.75, 3.05) is 13.7 Å². The van der Waals surface area contributed by atoms with E-state index >= 15 is 0 Å². The van der Waals surface area contributed by atoms with E-state index in [1.165, 1.54) is 16.3 Å². The molecular weight excluding hydrogens is 377 g/mol. The van der Waals surface area contributed by atoms with Crippen molar-refractivity contribution in [3.63, 3.8) is 0 Å². The van der Waals surface area contributed by atoms with Crippen LogP contribution in [0.1, 0.15) is 12.5 Å². The number of aliphatic imine (C=N–C) groups is 1. The fraction of sp³-hybridized carbons (Fsp3) is 0.312. The van der Waals surface area contributed by atoms with Crippen LogP contribution in [0.25, 0.3) is 10.8 Å². The van der Waals surface area contributed by atoms with Gasteiger partial charge in [0, 0.05) is 13.2 Å². The zero-order chi connectivity index (χ0) is 14.4. The van der Waals surface area contributed by atoms with E-state index in [4.69, 9.17) is 10.5 Å². The molecule has 0 aliphatic carbocycles. The number of benzene rings is 2. The molecule has 0 radical (unpaired) electrons. The molecule has 0 spiro atoms. The van der Waals surface area contributed by atoms with Gasteiger partial charge in [0.15, 0.2) is 5.96 Å². The Bertz CT molecular complexity index is 596. The monoisotopic (exact) mass is 399 g/mol. The van der Waals surface area contributed by atoms with Gasteiger partial charge < -0.3 is 15.8 Å². The molecule has 2 aromatic rings. The SMILES string of the molecule is COCC(C)NC(N)=NCc1cccc2ccccc12.I. The Morgan fingerprint density at radius 2 is 1.95 bits per heavy atom. The number of nitrogens with zero attached hydrogens (tertiary/aromatic N) is 1. The maximum absolute atomic E-state index is 5.88. The molecule has 0 heterocycles. The Kier molecular flexibility index (Phi) is 7.45. The lowest BCUT2D eigenvalue weighted by atomic mass is 10.1. The van der Waals surface area contributed by atoms with E-state index in [0.29, 0.717) is 19.1 Å². The number of hydrogen-bond donors (Lipinski definition) is 2. The van der Waals surface area contributed by atoms with Crippen molar-refractivity contribution in [2.24, 2.45) is 10.7 Å². The Hall–Kier alpha value is -1.34. The number of methoxy groups -OCH3 is 1. The Morgan fingerprint density at radius 3 is 2.71 bits per heavy atom. The minimum atomic E-state index is 0. The van der Waals surface area contributed by atoms with Gasteiger partial charge in [-0.25, -0.2) is 4.99 Å². The van der Waals surface area contributed by atoms with E-state index in [1.54, 1.807) is 7.11 Å². The molecule has 1 atom stereocenters. The Morgan fingerprint density at radius 1 is 1.24 bits per heavy atom. The van der Waals surface area contributed by atoms with Gasteiger partial charge in [0.25, 0.3) is 0 Å². The van der Waals surface area contributed by atoms with Gasteiger partial charge in [0.05, 0.1) is 13.2 Å². The fourth-order valence-corrected chi connectivity index (χ4v) is 2.19. The van der Waals surface area contributed by atoms with Crippen molar-refractivity contribution in [1.29, 1.82) is 0 Å². The summed E-state index contributed by atoms with van der Waals surface area (Å²) >= 11 is 0.